The normalized spacial score (nSPS) is 15.9. The molecule has 0 unspecified atom stereocenters. The van der Waals surface area contributed by atoms with Gasteiger partial charge in [0.1, 0.15) is 0 Å². The molecule has 1 N–H and O–H groups in total. The van der Waals surface area contributed by atoms with Gasteiger partial charge in [0.05, 0.1) is 10.6 Å². The number of nitrogens with one attached hydrogen (secondary N) is 1. The molecule has 2 rings (SSSR count). The summed E-state index contributed by atoms with van der Waals surface area (Å²) in [5.74, 6) is -0.0778. The van der Waals surface area contributed by atoms with Crippen molar-refractivity contribution in [3.63, 3.8) is 0 Å². The van der Waals surface area contributed by atoms with Gasteiger partial charge in [-0.3, -0.25) is 4.79 Å². The Morgan fingerprint density at radius 2 is 2.20 bits per heavy atom. The molecule has 1 aromatic carbocycles. The second kappa shape index (κ2) is 4.54. The number of halogens is 2. The SMILES string of the molecule is O=C(NC1CCC1)c1cccc(Br)c1Cl. The van der Waals surface area contributed by atoms with Gasteiger partial charge in [-0.1, -0.05) is 17.7 Å². The number of hydrogen-bond donors (Lipinski definition) is 1. The van der Waals surface area contributed by atoms with Gasteiger partial charge in [0, 0.05) is 10.5 Å². The van der Waals surface area contributed by atoms with Crippen molar-refractivity contribution in [3.8, 4) is 0 Å². The van der Waals surface area contributed by atoms with Crippen LogP contribution in [0.4, 0.5) is 0 Å². The summed E-state index contributed by atoms with van der Waals surface area (Å²) in [5.41, 5.74) is 0.540. The second-order valence-corrected chi connectivity index (χ2v) is 4.93. The molecule has 0 spiro atoms. The maximum absolute atomic E-state index is 11.8. The van der Waals surface area contributed by atoms with E-state index in [1.807, 2.05) is 12.1 Å². The van der Waals surface area contributed by atoms with Gasteiger partial charge in [0.15, 0.2) is 0 Å². The molecule has 1 fully saturated rings. The zero-order valence-electron chi connectivity index (χ0n) is 8.09. The minimum Gasteiger partial charge on any atom is -0.349 e. The number of amides is 1. The Labute approximate surface area is 102 Å². The van der Waals surface area contributed by atoms with Gasteiger partial charge in [0.25, 0.3) is 5.91 Å². The third-order valence-corrected chi connectivity index (χ3v) is 3.93. The average Bonchev–Trinajstić information content (AvgIpc) is 2.15. The van der Waals surface area contributed by atoms with Crippen LogP contribution in [0.3, 0.4) is 0 Å². The van der Waals surface area contributed by atoms with Gasteiger partial charge in [-0.2, -0.15) is 0 Å². The monoisotopic (exact) mass is 287 g/mol. The first-order chi connectivity index (χ1) is 7.18. The fraction of sp³-hybridized carbons (Fsp3) is 0.364. The van der Waals surface area contributed by atoms with Crippen LogP contribution in [0.1, 0.15) is 29.6 Å². The molecule has 0 bridgehead atoms. The van der Waals surface area contributed by atoms with Gasteiger partial charge < -0.3 is 5.32 Å². The van der Waals surface area contributed by atoms with E-state index in [0.29, 0.717) is 16.6 Å². The lowest BCUT2D eigenvalue weighted by Crippen LogP contribution is -2.39. The van der Waals surface area contributed by atoms with Crippen LogP contribution in [0.15, 0.2) is 22.7 Å². The molecule has 1 aliphatic rings. The van der Waals surface area contributed by atoms with Crippen LogP contribution in [-0.2, 0) is 0 Å². The van der Waals surface area contributed by atoms with Crippen LogP contribution in [0.25, 0.3) is 0 Å². The Morgan fingerprint density at radius 3 is 2.80 bits per heavy atom. The standard InChI is InChI=1S/C11H11BrClNO/c12-9-6-2-5-8(10(9)13)11(15)14-7-3-1-4-7/h2,5-7H,1,3-4H2,(H,14,15). The largest absolute Gasteiger partial charge is 0.349 e. The van der Waals surface area contributed by atoms with Gasteiger partial charge in [-0.25, -0.2) is 0 Å². The molecule has 0 atom stereocenters. The first kappa shape index (κ1) is 11.0. The topological polar surface area (TPSA) is 29.1 Å². The van der Waals surface area contributed by atoms with Gasteiger partial charge in [0.2, 0.25) is 0 Å². The van der Waals surface area contributed by atoms with Crippen LogP contribution >= 0.6 is 27.5 Å². The minimum atomic E-state index is -0.0778. The van der Waals surface area contributed by atoms with Crippen LogP contribution in [0, 0.1) is 0 Å². The average molecular weight is 289 g/mol. The highest BCUT2D eigenvalue weighted by atomic mass is 79.9. The van der Waals surface area contributed by atoms with E-state index in [1.54, 1.807) is 6.07 Å². The van der Waals surface area contributed by atoms with E-state index in [9.17, 15) is 4.79 Å². The van der Waals surface area contributed by atoms with Crippen molar-refractivity contribution in [1.29, 1.82) is 0 Å². The van der Waals surface area contributed by atoms with Crippen LogP contribution in [0.5, 0.6) is 0 Å². The third kappa shape index (κ3) is 2.34. The summed E-state index contributed by atoms with van der Waals surface area (Å²) in [6.45, 7) is 0. The molecule has 0 saturated heterocycles. The molecular weight excluding hydrogens is 277 g/mol. The molecule has 0 heterocycles. The third-order valence-electron chi connectivity index (χ3n) is 2.64. The first-order valence-corrected chi connectivity index (χ1v) is 6.10. The maximum atomic E-state index is 11.8. The summed E-state index contributed by atoms with van der Waals surface area (Å²) in [4.78, 5) is 11.8. The van der Waals surface area contributed by atoms with Crippen LogP contribution < -0.4 is 5.32 Å². The lowest BCUT2D eigenvalue weighted by atomic mass is 9.93. The van der Waals surface area contributed by atoms with Crippen molar-refractivity contribution in [3.05, 3.63) is 33.3 Å². The zero-order valence-corrected chi connectivity index (χ0v) is 10.4. The summed E-state index contributed by atoms with van der Waals surface area (Å²) in [7, 11) is 0. The number of carbonyl (C=O) groups excluding carboxylic acids is 1. The fourth-order valence-electron chi connectivity index (χ4n) is 1.49. The summed E-state index contributed by atoms with van der Waals surface area (Å²) < 4.78 is 0.755. The molecule has 0 aromatic heterocycles. The molecule has 0 radical (unpaired) electrons. The van der Waals surface area contributed by atoms with E-state index >= 15 is 0 Å². The van der Waals surface area contributed by atoms with Crippen molar-refractivity contribution in [2.75, 3.05) is 0 Å². The zero-order chi connectivity index (χ0) is 10.8. The number of hydrogen-bond acceptors (Lipinski definition) is 1. The molecule has 1 saturated carbocycles. The van der Waals surface area contributed by atoms with Gasteiger partial charge in [-0.15, -0.1) is 0 Å². The van der Waals surface area contributed by atoms with E-state index in [2.05, 4.69) is 21.2 Å². The molecule has 2 nitrogen and oxygen atoms in total. The highest BCUT2D eigenvalue weighted by molar-refractivity contribution is 9.10. The molecule has 80 valence electrons. The van der Waals surface area contributed by atoms with Crippen molar-refractivity contribution in [1.82, 2.24) is 5.32 Å². The predicted molar refractivity (Wildman–Crippen MR) is 64.3 cm³/mol. The summed E-state index contributed by atoms with van der Waals surface area (Å²) >= 11 is 9.32. The molecule has 0 aliphatic heterocycles. The number of benzene rings is 1. The predicted octanol–water partition coefficient (Wildman–Crippen LogP) is 3.38. The van der Waals surface area contributed by atoms with E-state index in [-0.39, 0.29) is 5.91 Å². The number of rotatable bonds is 2. The van der Waals surface area contributed by atoms with Gasteiger partial charge >= 0.3 is 0 Å². The quantitative estimate of drug-likeness (QED) is 0.888. The molecule has 15 heavy (non-hydrogen) atoms. The summed E-state index contributed by atoms with van der Waals surface area (Å²) in [6, 6.07) is 5.71. The van der Waals surface area contributed by atoms with Crippen molar-refractivity contribution in [2.24, 2.45) is 0 Å². The maximum Gasteiger partial charge on any atom is 0.253 e. The van der Waals surface area contributed by atoms with E-state index in [4.69, 9.17) is 11.6 Å². The Kier molecular flexibility index (Phi) is 3.32. The second-order valence-electron chi connectivity index (χ2n) is 3.70. The molecule has 1 aliphatic carbocycles. The fourth-order valence-corrected chi connectivity index (χ4v) is 2.07. The van der Waals surface area contributed by atoms with Crippen molar-refractivity contribution in [2.45, 2.75) is 25.3 Å². The Hall–Kier alpha value is -0.540. The van der Waals surface area contributed by atoms with Crippen LogP contribution in [0.2, 0.25) is 5.02 Å². The van der Waals surface area contributed by atoms with Gasteiger partial charge in [-0.05, 0) is 47.3 Å². The Balaban J connectivity index is 2.13. The molecule has 4 heteroatoms. The summed E-state index contributed by atoms with van der Waals surface area (Å²) in [5, 5.41) is 3.44. The van der Waals surface area contributed by atoms with E-state index < -0.39 is 0 Å². The number of carbonyl (C=O) groups is 1. The van der Waals surface area contributed by atoms with Crippen molar-refractivity contribution < 1.29 is 4.79 Å². The first-order valence-electron chi connectivity index (χ1n) is 4.93. The minimum absolute atomic E-state index is 0.0778. The highest BCUT2D eigenvalue weighted by Gasteiger charge is 2.21. The Bertz CT molecular complexity index is 390. The smallest absolute Gasteiger partial charge is 0.253 e. The lowest BCUT2D eigenvalue weighted by molar-refractivity contribution is 0.0917. The Morgan fingerprint density at radius 1 is 1.47 bits per heavy atom. The molecule has 1 amide bonds. The highest BCUT2D eigenvalue weighted by Crippen LogP contribution is 2.26. The molecular formula is C11H11BrClNO. The van der Waals surface area contributed by atoms with Crippen molar-refractivity contribution >= 4 is 33.4 Å². The van der Waals surface area contributed by atoms with E-state index in [0.717, 1.165) is 17.3 Å². The summed E-state index contributed by atoms with van der Waals surface area (Å²) in [6.07, 6.45) is 3.37. The lowest BCUT2D eigenvalue weighted by Gasteiger charge is -2.26. The molecule has 1 aromatic rings. The van der Waals surface area contributed by atoms with E-state index in [1.165, 1.54) is 6.42 Å². The van der Waals surface area contributed by atoms with Crippen LogP contribution in [-0.4, -0.2) is 11.9 Å².